The van der Waals surface area contributed by atoms with Crippen molar-refractivity contribution < 1.29 is 9.53 Å². The summed E-state index contributed by atoms with van der Waals surface area (Å²) in [7, 11) is 1.59. The van der Waals surface area contributed by atoms with Gasteiger partial charge in [0.05, 0.1) is 11.6 Å². The number of hydrogen-bond donors (Lipinski definition) is 1. The predicted octanol–water partition coefficient (Wildman–Crippen LogP) is 2.32. The third-order valence-electron chi connectivity index (χ3n) is 1.77. The summed E-state index contributed by atoms with van der Waals surface area (Å²) < 4.78 is 5.76. The molecule has 0 unspecified atom stereocenters. The van der Waals surface area contributed by atoms with Crippen molar-refractivity contribution in [2.24, 2.45) is 0 Å². The quantitative estimate of drug-likeness (QED) is 0.675. The normalized spacial score (nSPS) is 10.1. The zero-order valence-corrected chi connectivity index (χ0v) is 11.1. The van der Waals surface area contributed by atoms with E-state index in [0.717, 1.165) is 3.57 Å². The number of carbonyl (C=O) groups excluding carboxylic acids is 1. The van der Waals surface area contributed by atoms with Gasteiger partial charge in [-0.05, 0) is 40.8 Å². The van der Waals surface area contributed by atoms with Gasteiger partial charge in [0.15, 0.2) is 0 Å². The summed E-state index contributed by atoms with van der Waals surface area (Å²) in [5.74, 6) is -0.134. The van der Waals surface area contributed by atoms with Crippen LogP contribution in [-0.2, 0) is 4.74 Å². The Morgan fingerprint density at radius 3 is 2.93 bits per heavy atom. The molecule has 15 heavy (non-hydrogen) atoms. The average molecular weight is 340 g/mol. The molecule has 0 aliphatic heterocycles. The molecule has 0 atom stereocenters. The van der Waals surface area contributed by atoms with Gasteiger partial charge < -0.3 is 10.1 Å². The first-order valence-electron chi connectivity index (χ1n) is 4.37. The largest absolute Gasteiger partial charge is 0.383 e. The minimum atomic E-state index is -0.134. The monoisotopic (exact) mass is 339 g/mol. The third-order valence-corrected chi connectivity index (χ3v) is 3.35. The summed E-state index contributed by atoms with van der Waals surface area (Å²) in [5, 5.41) is 3.31. The Morgan fingerprint density at radius 1 is 1.60 bits per heavy atom. The molecule has 0 aliphatic rings. The van der Waals surface area contributed by atoms with Gasteiger partial charge in [-0.15, -0.1) is 0 Å². The van der Waals surface area contributed by atoms with E-state index in [1.807, 2.05) is 6.07 Å². The van der Waals surface area contributed by atoms with Crippen LogP contribution < -0.4 is 5.32 Å². The van der Waals surface area contributed by atoms with Gasteiger partial charge in [-0.1, -0.05) is 11.6 Å². The van der Waals surface area contributed by atoms with Gasteiger partial charge in [-0.25, -0.2) is 0 Å². The molecular formula is C10H11ClINO2. The number of benzene rings is 1. The van der Waals surface area contributed by atoms with Crippen molar-refractivity contribution in [3.63, 3.8) is 0 Å². The highest BCUT2D eigenvalue weighted by molar-refractivity contribution is 14.1. The minimum absolute atomic E-state index is 0.134. The summed E-state index contributed by atoms with van der Waals surface area (Å²) in [4.78, 5) is 11.6. The van der Waals surface area contributed by atoms with Crippen LogP contribution in [0.25, 0.3) is 0 Å². The number of carbonyl (C=O) groups is 1. The Labute approximate surface area is 107 Å². The first-order valence-corrected chi connectivity index (χ1v) is 5.83. The van der Waals surface area contributed by atoms with Crippen LogP contribution in [0.3, 0.4) is 0 Å². The van der Waals surface area contributed by atoms with Crippen LogP contribution in [0.4, 0.5) is 0 Å². The minimum Gasteiger partial charge on any atom is -0.383 e. The smallest absolute Gasteiger partial charge is 0.251 e. The van der Waals surface area contributed by atoms with Crippen molar-refractivity contribution >= 4 is 40.1 Å². The van der Waals surface area contributed by atoms with E-state index in [0.29, 0.717) is 23.7 Å². The van der Waals surface area contributed by atoms with E-state index in [1.165, 1.54) is 0 Å². The molecule has 1 aromatic rings. The highest BCUT2D eigenvalue weighted by Gasteiger charge is 2.06. The van der Waals surface area contributed by atoms with E-state index < -0.39 is 0 Å². The molecule has 1 amide bonds. The van der Waals surface area contributed by atoms with Gasteiger partial charge in [0.25, 0.3) is 5.91 Å². The van der Waals surface area contributed by atoms with Gasteiger partial charge >= 0.3 is 0 Å². The van der Waals surface area contributed by atoms with Crippen LogP contribution in [0, 0.1) is 3.57 Å². The SMILES string of the molecule is COCCNC(=O)c1ccc(I)c(Cl)c1. The van der Waals surface area contributed by atoms with E-state index >= 15 is 0 Å². The third kappa shape index (κ3) is 3.96. The Morgan fingerprint density at radius 2 is 2.33 bits per heavy atom. The molecule has 0 aromatic heterocycles. The summed E-state index contributed by atoms with van der Waals surface area (Å²) in [6.45, 7) is 1.00. The molecule has 1 N–H and O–H groups in total. The van der Waals surface area contributed by atoms with Crippen LogP contribution in [-0.4, -0.2) is 26.2 Å². The van der Waals surface area contributed by atoms with E-state index in [4.69, 9.17) is 16.3 Å². The van der Waals surface area contributed by atoms with Gasteiger partial charge in [0, 0.05) is 22.8 Å². The maximum atomic E-state index is 11.6. The summed E-state index contributed by atoms with van der Waals surface area (Å²) >= 11 is 8.02. The van der Waals surface area contributed by atoms with Crippen LogP contribution in [0.15, 0.2) is 18.2 Å². The standard InChI is InChI=1S/C10H11ClINO2/c1-15-5-4-13-10(14)7-2-3-9(12)8(11)6-7/h2-3,6H,4-5H2,1H3,(H,13,14). The first kappa shape index (κ1) is 12.7. The molecule has 0 aliphatic carbocycles. The molecule has 0 fully saturated rings. The lowest BCUT2D eigenvalue weighted by Gasteiger charge is -2.05. The second kappa shape index (κ2) is 6.30. The lowest BCUT2D eigenvalue weighted by atomic mass is 10.2. The second-order valence-electron chi connectivity index (χ2n) is 2.88. The molecule has 0 bridgehead atoms. The van der Waals surface area contributed by atoms with Crippen molar-refractivity contribution in [1.82, 2.24) is 5.32 Å². The van der Waals surface area contributed by atoms with E-state index in [9.17, 15) is 4.79 Å². The summed E-state index contributed by atoms with van der Waals surface area (Å²) in [6, 6.07) is 5.22. The number of halogens is 2. The summed E-state index contributed by atoms with van der Waals surface area (Å²) in [6.07, 6.45) is 0. The zero-order valence-electron chi connectivity index (χ0n) is 8.22. The first-order chi connectivity index (χ1) is 7.15. The molecule has 0 spiro atoms. The number of rotatable bonds is 4. The van der Waals surface area contributed by atoms with Crippen molar-refractivity contribution in [1.29, 1.82) is 0 Å². The summed E-state index contributed by atoms with van der Waals surface area (Å²) in [5.41, 5.74) is 0.566. The maximum absolute atomic E-state index is 11.6. The van der Waals surface area contributed by atoms with Gasteiger partial charge in [0.1, 0.15) is 0 Å². The number of ether oxygens (including phenoxy) is 1. The van der Waals surface area contributed by atoms with Crippen molar-refractivity contribution in [2.75, 3.05) is 20.3 Å². The number of nitrogens with one attached hydrogen (secondary N) is 1. The molecule has 1 rings (SSSR count). The average Bonchev–Trinajstić information content (AvgIpc) is 2.22. The lowest BCUT2D eigenvalue weighted by molar-refractivity contribution is 0.0937. The van der Waals surface area contributed by atoms with Gasteiger partial charge in [0.2, 0.25) is 0 Å². The van der Waals surface area contributed by atoms with Crippen LogP contribution in [0.1, 0.15) is 10.4 Å². The van der Waals surface area contributed by atoms with E-state index in [2.05, 4.69) is 27.9 Å². The Bertz CT molecular complexity index is 357. The zero-order chi connectivity index (χ0) is 11.3. The second-order valence-corrected chi connectivity index (χ2v) is 4.45. The van der Waals surface area contributed by atoms with E-state index in [1.54, 1.807) is 19.2 Å². The molecule has 1 aromatic carbocycles. The number of hydrogen-bond acceptors (Lipinski definition) is 2. The van der Waals surface area contributed by atoms with Crippen LogP contribution >= 0.6 is 34.2 Å². The van der Waals surface area contributed by atoms with Crippen molar-refractivity contribution in [3.8, 4) is 0 Å². The van der Waals surface area contributed by atoms with Gasteiger partial charge in [-0.2, -0.15) is 0 Å². The fourth-order valence-corrected chi connectivity index (χ4v) is 1.52. The molecule has 0 heterocycles. The molecule has 0 saturated heterocycles. The molecule has 0 radical (unpaired) electrons. The number of methoxy groups -OCH3 is 1. The maximum Gasteiger partial charge on any atom is 0.251 e. The highest BCUT2D eigenvalue weighted by atomic mass is 127. The van der Waals surface area contributed by atoms with Gasteiger partial charge in [-0.3, -0.25) is 4.79 Å². The lowest BCUT2D eigenvalue weighted by Crippen LogP contribution is -2.26. The molecule has 5 heteroatoms. The number of amides is 1. The Kier molecular flexibility index (Phi) is 5.35. The molecular weight excluding hydrogens is 328 g/mol. The fraction of sp³-hybridized carbons (Fsp3) is 0.300. The van der Waals surface area contributed by atoms with E-state index in [-0.39, 0.29) is 5.91 Å². The fourth-order valence-electron chi connectivity index (χ4n) is 1.01. The van der Waals surface area contributed by atoms with Crippen LogP contribution in [0.5, 0.6) is 0 Å². The van der Waals surface area contributed by atoms with Crippen LogP contribution in [0.2, 0.25) is 5.02 Å². The van der Waals surface area contributed by atoms with Crippen molar-refractivity contribution in [3.05, 3.63) is 32.4 Å². The molecule has 3 nitrogen and oxygen atoms in total. The highest BCUT2D eigenvalue weighted by Crippen LogP contribution is 2.19. The predicted molar refractivity (Wildman–Crippen MR) is 68.4 cm³/mol. The topological polar surface area (TPSA) is 38.3 Å². The van der Waals surface area contributed by atoms with Crippen molar-refractivity contribution in [2.45, 2.75) is 0 Å². The molecule has 0 saturated carbocycles. The molecule has 82 valence electrons. The Hall–Kier alpha value is -0.330. The Balaban J connectivity index is 2.62.